The van der Waals surface area contributed by atoms with E-state index in [2.05, 4.69) is 4.98 Å². The average molecular weight is 323 g/mol. The highest BCUT2D eigenvalue weighted by atomic mass is 16.2. The van der Waals surface area contributed by atoms with E-state index < -0.39 is 0 Å². The Labute approximate surface area is 141 Å². The third-order valence-electron chi connectivity index (χ3n) is 4.36. The minimum atomic E-state index is -0.119. The van der Waals surface area contributed by atoms with Gasteiger partial charge in [0.2, 0.25) is 5.91 Å². The predicted octanol–water partition coefficient (Wildman–Crippen LogP) is 2.44. The number of aryl methyl sites for hydroxylation is 1. The van der Waals surface area contributed by atoms with Gasteiger partial charge in [-0.05, 0) is 24.6 Å². The van der Waals surface area contributed by atoms with E-state index in [1.165, 1.54) is 0 Å². The summed E-state index contributed by atoms with van der Waals surface area (Å²) in [5.41, 5.74) is 2.32. The molecule has 1 aliphatic heterocycles. The van der Waals surface area contributed by atoms with Crippen LogP contribution in [0.3, 0.4) is 0 Å². The molecule has 0 saturated carbocycles. The molecule has 1 aromatic carbocycles. The quantitative estimate of drug-likeness (QED) is 0.853. The topological polar surface area (TPSA) is 53.5 Å². The highest BCUT2D eigenvalue weighted by Crippen LogP contribution is 2.26. The molecule has 1 aliphatic rings. The number of amides is 2. The van der Waals surface area contributed by atoms with Crippen molar-refractivity contribution in [3.05, 3.63) is 65.5 Å². The number of hydrogen-bond donors (Lipinski definition) is 0. The van der Waals surface area contributed by atoms with Crippen LogP contribution in [0.25, 0.3) is 0 Å². The van der Waals surface area contributed by atoms with Gasteiger partial charge in [-0.3, -0.25) is 9.59 Å². The Kier molecular flexibility index (Phi) is 4.60. The fraction of sp³-hybridized carbons (Fsp3) is 0.316. The number of carbonyl (C=O) groups is 2. The second kappa shape index (κ2) is 6.83. The molecule has 2 aromatic rings. The second-order valence-electron chi connectivity index (χ2n) is 6.05. The highest BCUT2D eigenvalue weighted by Gasteiger charge is 2.32. The number of rotatable bonds is 2. The van der Waals surface area contributed by atoms with Gasteiger partial charge in [0, 0.05) is 32.3 Å². The van der Waals surface area contributed by atoms with Crippen molar-refractivity contribution in [1.82, 2.24) is 14.8 Å². The predicted molar refractivity (Wildman–Crippen MR) is 91.4 cm³/mol. The summed E-state index contributed by atoms with van der Waals surface area (Å²) in [4.78, 5) is 32.7. The number of pyridine rings is 1. The average Bonchev–Trinajstić information content (AvgIpc) is 2.61. The lowest BCUT2D eigenvalue weighted by Crippen LogP contribution is -2.52. The van der Waals surface area contributed by atoms with Gasteiger partial charge in [-0.1, -0.05) is 36.4 Å². The summed E-state index contributed by atoms with van der Waals surface area (Å²) in [5.74, 6) is -0.0486. The van der Waals surface area contributed by atoms with Crippen LogP contribution in [0.1, 0.15) is 34.7 Å². The summed E-state index contributed by atoms with van der Waals surface area (Å²) in [6.07, 6.45) is 0. The van der Waals surface area contributed by atoms with E-state index >= 15 is 0 Å². The molecular weight excluding hydrogens is 302 g/mol. The summed E-state index contributed by atoms with van der Waals surface area (Å²) < 4.78 is 0. The molecule has 124 valence electrons. The fourth-order valence-electron chi connectivity index (χ4n) is 3.13. The Hall–Kier alpha value is -2.69. The number of benzene rings is 1. The number of nitrogens with zero attached hydrogens (tertiary/aromatic N) is 3. The van der Waals surface area contributed by atoms with Crippen LogP contribution in [0.5, 0.6) is 0 Å². The van der Waals surface area contributed by atoms with Crippen molar-refractivity contribution in [3.8, 4) is 0 Å². The van der Waals surface area contributed by atoms with Crippen LogP contribution in [0.2, 0.25) is 0 Å². The molecule has 5 heteroatoms. The molecule has 5 nitrogen and oxygen atoms in total. The van der Waals surface area contributed by atoms with Crippen LogP contribution in [0, 0.1) is 6.92 Å². The highest BCUT2D eigenvalue weighted by molar-refractivity contribution is 5.92. The minimum absolute atomic E-state index is 0.0321. The first kappa shape index (κ1) is 16.2. The standard InChI is InChI=1S/C19H21N3O2/c1-14-7-6-10-17(20-14)19(24)21-11-12-22(15(2)23)18(13-21)16-8-4-3-5-9-16/h3-10,18H,11-13H2,1-2H3/t18-/m0/s1. The maximum Gasteiger partial charge on any atom is 0.272 e. The van der Waals surface area contributed by atoms with E-state index in [0.717, 1.165) is 11.3 Å². The Balaban J connectivity index is 1.85. The SMILES string of the molecule is CC(=O)N1CCN(C(=O)c2cccc(C)n2)C[C@H]1c1ccccc1. The van der Waals surface area contributed by atoms with Crippen molar-refractivity contribution in [1.29, 1.82) is 0 Å². The third-order valence-corrected chi connectivity index (χ3v) is 4.36. The fourth-order valence-corrected chi connectivity index (χ4v) is 3.13. The first-order valence-electron chi connectivity index (χ1n) is 8.11. The van der Waals surface area contributed by atoms with E-state index in [4.69, 9.17) is 0 Å². The molecule has 1 saturated heterocycles. The van der Waals surface area contributed by atoms with Crippen LogP contribution in [-0.4, -0.2) is 46.2 Å². The Bertz CT molecular complexity index is 745. The maximum atomic E-state index is 12.8. The molecule has 0 aliphatic carbocycles. The van der Waals surface area contributed by atoms with Crippen molar-refractivity contribution < 1.29 is 9.59 Å². The summed E-state index contributed by atoms with van der Waals surface area (Å²) in [5, 5.41) is 0. The van der Waals surface area contributed by atoms with Gasteiger partial charge in [0.05, 0.1) is 6.04 Å². The van der Waals surface area contributed by atoms with Gasteiger partial charge < -0.3 is 9.80 Å². The largest absolute Gasteiger partial charge is 0.333 e. The molecule has 0 radical (unpaired) electrons. The lowest BCUT2D eigenvalue weighted by molar-refractivity contribution is -0.133. The first-order valence-corrected chi connectivity index (χ1v) is 8.11. The zero-order valence-electron chi connectivity index (χ0n) is 14.0. The molecular formula is C19H21N3O2. The van der Waals surface area contributed by atoms with Crippen LogP contribution in [0.15, 0.2) is 48.5 Å². The first-order chi connectivity index (χ1) is 11.6. The molecule has 1 aromatic heterocycles. The van der Waals surface area contributed by atoms with Gasteiger partial charge in [-0.15, -0.1) is 0 Å². The Morgan fingerprint density at radius 1 is 1.04 bits per heavy atom. The molecule has 0 bridgehead atoms. The van der Waals surface area contributed by atoms with Crippen molar-refractivity contribution in [2.75, 3.05) is 19.6 Å². The second-order valence-corrected chi connectivity index (χ2v) is 6.05. The lowest BCUT2D eigenvalue weighted by atomic mass is 10.0. The molecule has 1 atom stereocenters. The van der Waals surface area contributed by atoms with E-state index in [9.17, 15) is 9.59 Å². The van der Waals surface area contributed by atoms with Crippen LogP contribution in [-0.2, 0) is 4.79 Å². The van der Waals surface area contributed by atoms with Gasteiger partial charge in [0.1, 0.15) is 5.69 Å². The van der Waals surface area contributed by atoms with Crippen LogP contribution < -0.4 is 0 Å². The zero-order valence-corrected chi connectivity index (χ0v) is 14.0. The van der Waals surface area contributed by atoms with Gasteiger partial charge in [0.15, 0.2) is 0 Å². The summed E-state index contributed by atoms with van der Waals surface area (Å²) in [6.45, 7) is 4.99. The third kappa shape index (κ3) is 3.30. The van der Waals surface area contributed by atoms with Crippen molar-refractivity contribution in [3.63, 3.8) is 0 Å². The van der Waals surface area contributed by atoms with Crippen LogP contribution >= 0.6 is 0 Å². The van der Waals surface area contributed by atoms with Crippen molar-refractivity contribution in [2.45, 2.75) is 19.9 Å². The number of aromatic nitrogens is 1. The van der Waals surface area contributed by atoms with E-state index in [1.807, 2.05) is 54.3 Å². The Morgan fingerprint density at radius 2 is 1.79 bits per heavy atom. The molecule has 2 heterocycles. The minimum Gasteiger partial charge on any atom is -0.333 e. The molecule has 2 amide bonds. The van der Waals surface area contributed by atoms with Gasteiger partial charge in [-0.2, -0.15) is 0 Å². The number of carbonyl (C=O) groups excluding carboxylic acids is 2. The molecule has 0 spiro atoms. The van der Waals surface area contributed by atoms with Gasteiger partial charge in [0.25, 0.3) is 5.91 Å². The molecule has 0 N–H and O–H groups in total. The molecule has 0 unspecified atom stereocenters. The van der Waals surface area contributed by atoms with Crippen LogP contribution in [0.4, 0.5) is 0 Å². The maximum absolute atomic E-state index is 12.8. The molecule has 3 rings (SSSR count). The Morgan fingerprint density at radius 3 is 2.46 bits per heavy atom. The monoisotopic (exact) mass is 323 g/mol. The van der Waals surface area contributed by atoms with E-state index in [1.54, 1.807) is 17.9 Å². The molecule has 1 fully saturated rings. The lowest BCUT2D eigenvalue weighted by Gasteiger charge is -2.41. The summed E-state index contributed by atoms with van der Waals surface area (Å²) >= 11 is 0. The summed E-state index contributed by atoms with van der Waals surface area (Å²) in [6, 6.07) is 15.2. The molecule has 24 heavy (non-hydrogen) atoms. The number of hydrogen-bond acceptors (Lipinski definition) is 3. The van der Waals surface area contributed by atoms with Crippen molar-refractivity contribution in [2.24, 2.45) is 0 Å². The van der Waals surface area contributed by atoms with Gasteiger partial charge >= 0.3 is 0 Å². The van der Waals surface area contributed by atoms with Gasteiger partial charge in [-0.25, -0.2) is 4.98 Å². The van der Waals surface area contributed by atoms with Crippen molar-refractivity contribution >= 4 is 11.8 Å². The zero-order chi connectivity index (χ0) is 17.1. The summed E-state index contributed by atoms with van der Waals surface area (Å²) in [7, 11) is 0. The van der Waals surface area contributed by atoms with E-state index in [-0.39, 0.29) is 17.9 Å². The van der Waals surface area contributed by atoms with E-state index in [0.29, 0.717) is 25.3 Å². The smallest absolute Gasteiger partial charge is 0.272 e. The number of piperazine rings is 1. The normalized spacial score (nSPS) is 17.7.